The van der Waals surface area contributed by atoms with Crippen LogP contribution < -0.4 is 0 Å². The predicted octanol–water partition coefficient (Wildman–Crippen LogP) is 8.74. The van der Waals surface area contributed by atoms with Crippen LogP contribution in [-0.4, -0.2) is 17.8 Å². The van der Waals surface area contributed by atoms with Crippen LogP contribution >= 0.6 is 0 Å². The summed E-state index contributed by atoms with van der Waals surface area (Å²) < 4.78 is 64.2. The minimum absolute atomic E-state index is 0.000555. The van der Waals surface area contributed by atoms with Crippen LogP contribution in [0.4, 0.5) is 17.6 Å². The number of hydrogen-bond donors (Lipinski definition) is 1. The summed E-state index contributed by atoms with van der Waals surface area (Å²) in [5.41, 5.74) is 1.40. The van der Waals surface area contributed by atoms with E-state index in [1.807, 2.05) is 6.08 Å². The quantitative estimate of drug-likeness (QED) is 0.273. The topological polar surface area (TPSA) is 32.8 Å². The fourth-order valence-electron chi connectivity index (χ4n) is 6.60. The molecule has 3 aliphatic rings. The Balaban J connectivity index is 1.18. The van der Waals surface area contributed by atoms with E-state index in [1.54, 1.807) is 30.3 Å². The van der Waals surface area contributed by atoms with Crippen LogP contribution in [0.5, 0.6) is 0 Å². The fourth-order valence-corrected chi connectivity index (χ4v) is 6.60. The lowest BCUT2D eigenvalue weighted by Gasteiger charge is -2.32. The summed E-state index contributed by atoms with van der Waals surface area (Å²) in [7, 11) is 0. The van der Waals surface area contributed by atoms with Crippen molar-refractivity contribution in [3.05, 3.63) is 75.9 Å². The van der Waals surface area contributed by atoms with E-state index in [2.05, 4.69) is 6.92 Å². The molecule has 0 aromatic heterocycles. The largest absolute Gasteiger partial charge is 0.393 e. The first-order valence-corrected chi connectivity index (χ1v) is 14.3. The van der Waals surface area contributed by atoms with Gasteiger partial charge >= 0.3 is 0 Å². The molecule has 2 unspecified atom stereocenters. The zero-order valence-corrected chi connectivity index (χ0v) is 22.1. The summed E-state index contributed by atoms with van der Waals surface area (Å²) >= 11 is 0. The van der Waals surface area contributed by atoms with Gasteiger partial charge in [-0.15, -0.1) is 0 Å². The smallest absolute Gasteiger partial charge is 0.166 e. The van der Waals surface area contributed by atoms with Gasteiger partial charge in [-0.25, -0.2) is 17.6 Å². The van der Waals surface area contributed by atoms with Crippen LogP contribution in [0.15, 0.2) is 30.3 Å². The highest BCUT2D eigenvalue weighted by molar-refractivity contribution is 5.52. The van der Waals surface area contributed by atoms with Gasteiger partial charge in [0, 0.05) is 11.1 Å². The van der Waals surface area contributed by atoms with Crippen LogP contribution in [0.3, 0.4) is 0 Å². The number of allylic oxidation sites excluding steroid dienone is 1. The molecule has 38 heavy (non-hydrogen) atoms. The summed E-state index contributed by atoms with van der Waals surface area (Å²) in [4.78, 5) is 0. The first-order valence-electron chi connectivity index (χ1n) is 14.3. The molecule has 1 saturated heterocycles. The molecule has 2 aromatic rings. The highest BCUT2D eigenvalue weighted by atomic mass is 19.2. The molecular formula is C32H38F4O2. The maximum absolute atomic E-state index is 15.2. The molecular weight excluding hydrogens is 492 g/mol. The molecule has 5 rings (SSSR count). The van der Waals surface area contributed by atoms with Crippen molar-refractivity contribution in [3.63, 3.8) is 0 Å². The Morgan fingerprint density at radius 2 is 1.32 bits per heavy atom. The first-order chi connectivity index (χ1) is 18.4. The third kappa shape index (κ3) is 5.86. The van der Waals surface area contributed by atoms with Gasteiger partial charge in [0.1, 0.15) is 6.10 Å². The van der Waals surface area contributed by atoms with E-state index in [-0.39, 0.29) is 47.0 Å². The first kappa shape index (κ1) is 27.4. The second-order valence-electron chi connectivity index (χ2n) is 11.5. The molecule has 0 radical (unpaired) electrons. The Bertz CT molecular complexity index is 1140. The van der Waals surface area contributed by atoms with E-state index in [9.17, 15) is 13.9 Å². The monoisotopic (exact) mass is 530 g/mol. The second-order valence-corrected chi connectivity index (χ2v) is 11.5. The molecule has 1 aliphatic heterocycles. The van der Waals surface area contributed by atoms with Crippen molar-refractivity contribution < 1.29 is 27.4 Å². The van der Waals surface area contributed by atoms with Crippen molar-refractivity contribution in [1.29, 1.82) is 0 Å². The third-order valence-corrected chi connectivity index (χ3v) is 9.06. The SMILES string of the molecule is CCCC(O)C1CCC(c2ccc(C3CCC(/C=C/c4ccc(C5CO5)c(F)c4F)CC3)c(F)c2F)CC1. The van der Waals surface area contributed by atoms with Gasteiger partial charge in [0.15, 0.2) is 23.3 Å². The number of benzene rings is 2. The molecule has 1 N–H and O–H groups in total. The number of hydrogen-bond acceptors (Lipinski definition) is 2. The number of halogens is 4. The third-order valence-electron chi connectivity index (χ3n) is 9.06. The number of ether oxygens (including phenoxy) is 1. The minimum atomic E-state index is -0.855. The van der Waals surface area contributed by atoms with Gasteiger partial charge in [0.25, 0.3) is 0 Å². The molecule has 2 atom stereocenters. The molecule has 2 saturated carbocycles. The Morgan fingerprint density at radius 1 is 0.789 bits per heavy atom. The van der Waals surface area contributed by atoms with Gasteiger partial charge in [-0.2, -0.15) is 0 Å². The van der Waals surface area contributed by atoms with Crippen LogP contribution in [-0.2, 0) is 4.74 Å². The van der Waals surface area contributed by atoms with E-state index in [4.69, 9.17) is 4.74 Å². The van der Waals surface area contributed by atoms with E-state index >= 15 is 8.78 Å². The predicted molar refractivity (Wildman–Crippen MR) is 141 cm³/mol. The van der Waals surface area contributed by atoms with E-state index in [0.717, 1.165) is 64.2 Å². The average molecular weight is 531 g/mol. The van der Waals surface area contributed by atoms with Gasteiger partial charge < -0.3 is 9.84 Å². The average Bonchev–Trinajstić information content (AvgIpc) is 3.77. The number of aliphatic hydroxyl groups excluding tert-OH is 1. The Morgan fingerprint density at radius 3 is 1.87 bits per heavy atom. The molecule has 2 aromatic carbocycles. The molecule has 206 valence electrons. The molecule has 0 bridgehead atoms. The highest BCUT2D eigenvalue weighted by Gasteiger charge is 2.32. The molecule has 0 spiro atoms. The standard InChI is InChI=1S/C32H38F4O2/c1-2-3-27(37)22-12-10-21(11-13-22)25-17-16-24(30(34)31(25)35)20-7-4-19(5-8-20)6-9-23-14-15-26(28-18-38-28)32(36)29(23)33/h6,9,14-17,19-22,27-28,37H,2-5,7-8,10-13,18H2,1H3/b9-6+. The number of aliphatic hydroxyl groups is 1. The summed E-state index contributed by atoms with van der Waals surface area (Å²) in [5, 5.41) is 10.3. The Kier molecular flexibility index (Phi) is 8.59. The zero-order chi connectivity index (χ0) is 26.8. The summed E-state index contributed by atoms with van der Waals surface area (Å²) in [5.74, 6) is -2.73. The molecule has 3 fully saturated rings. The molecule has 2 nitrogen and oxygen atoms in total. The second kappa shape index (κ2) is 11.9. The van der Waals surface area contributed by atoms with Crippen molar-refractivity contribution in [2.24, 2.45) is 11.8 Å². The van der Waals surface area contributed by atoms with Crippen molar-refractivity contribution in [2.75, 3.05) is 6.61 Å². The van der Waals surface area contributed by atoms with Gasteiger partial charge in [0.05, 0.1) is 12.7 Å². The van der Waals surface area contributed by atoms with Crippen LogP contribution in [0.25, 0.3) is 6.08 Å². The van der Waals surface area contributed by atoms with Gasteiger partial charge in [0.2, 0.25) is 0 Å². The lowest BCUT2D eigenvalue weighted by atomic mass is 9.74. The minimum Gasteiger partial charge on any atom is -0.393 e. The van der Waals surface area contributed by atoms with Gasteiger partial charge in [-0.1, -0.05) is 49.8 Å². The van der Waals surface area contributed by atoms with E-state index in [0.29, 0.717) is 17.7 Å². The molecule has 2 aliphatic carbocycles. The van der Waals surface area contributed by atoms with E-state index in [1.165, 1.54) is 0 Å². The Labute approximate surface area is 223 Å². The Hall–Kier alpha value is -2.18. The lowest BCUT2D eigenvalue weighted by Crippen LogP contribution is -2.25. The van der Waals surface area contributed by atoms with Crippen molar-refractivity contribution in [3.8, 4) is 0 Å². The molecule has 6 heteroatoms. The maximum atomic E-state index is 15.2. The molecule has 1 heterocycles. The van der Waals surface area contributed by atoms with Crippen LogP contribution in [0.2, 0.25) is 0 Å². The van der Waals surface area contributed by atoms with Crippen molar-refractivity contribution in [1.82, 2.24) is 0 Å². The fraction of sp³-hybridized carbons (Fsp3) is 0.562. The summed E-state index contributed by atoms with van der Waals surface area (Å²) in [6.45, 7) is 2.49. The van der Waals surface area contributed by atoms with Gasteiger partial charge in [-0.05, 0) is 92.6 Å². The van der Waals surface area contributed by atoms with Crippen molar-refractivity contribution >= 4 is 6.08 Å². The van der Waals surface area contributed by atoms with Crippen LogP contribution in [0.1, 0.15) is 111 Å². The van der Waals surface area contributed by atoms with Crippen LogP contribution in [0, 0.1) is 35.1 Å². The maximum Gasteiger partial charge on any atom is 0.166 e. The summed E-state index contributed by atoms with van der Waals surface area (Å²) in [6.07, 6.45) is 10.9. The number of epoxide rings is 1. The van der Waals surface area contributed by atoms with Gasteiger partial charge in [-0.3, -0.25) is 0 Å². The normalized spacial score (nSPS) is 28.5. The zero-order valence-electron chi connectivity index (χ0n) is 22.1. The number of rotatable bonds is 8. The lowest BCUT2D eigenvalue weighted by molar-refractivity contribution is 0.0727. The van der Waals surface area contributed by atoms with Crippen molar-refractivity contribution in [2.45, 2.75) is 95.2 Å². The highest BCUT2D eigenvalue weighted by Crippen LogP contribution is 2.42. The van der Waals surface area contributed by atoms with E-state index < -0.39 is 23.3 Å². The molecule has 0 amide bonds. The summed E-state index contributed by atoms with van der Waals surface area (Å²) in [6, 6.07) is 6.71.